The Labute approximate surface area is 108 Å². The molecule has 1 aromatic carbocycles. The minimum Gasteiger partial charge on any atom is -0.493 e. The molecule has 0 aromatic heterocycles. The molecule has 0 aliphatic heterocycles. The van der Waals surface area contributed by atoms with Gasteiger partial charge in [-0.1, -0.05) is 19.1 Å². The van der Waals surface area contributed by atoms with Crippen molar-refractivity contribution in [1.82, 2.24) is 5.32 Å². The number of hydrogen-bond donors (Lipinski definition) is 2. The van der Waals surface area contributed by atoms with E-state index >= 15 is 0 Å². The minimum atomic E-state index is -0.497. The number of ether oxygens (including phenoxy) is 2. The van der Waals surface area contributed by atoms with Crippen LogP contribution in [0.4, 0.5) is 0 Å². The predicted molar refractivity (Wildman–Crippen MR) is 70.1 cm³/mol. The summed E-state index contributed by atoms with van der Waals surface area (Å²) in [5, 5.41) is 13.1. The molecule has 1 saturated carbocycles. The van der Waals surface area contributed by atoms with Gasteiger partial charge >= 0.3 is 0 Å². The molecule has 1 fully saturated rings. The molecule has 18 heavy (non-hydrogen) atoms. The average molecular weight is 251 g/mol. The zero-order valence-electron chi connectivity index (χ0n) is 10.9. The standard InChI is InChI=1S/C14H21NO3/c1-10-7-12(10)15-8-11(16)9-18-14-6-4-3-5-13(14)17-2/h3-6,10-12,15-16H,7-9H2,1-2H3. The van der Waals surface area contributed by atoms with Gasteiger partial charge in [0.2, 0.25) is 0 Å². The first-order chi connectivity index (χ1) is 8.70. The quantitative estimate of drug-likeness (QED) is 0.770. The highest BCUT2D eigenvalue weighted by molar-refractivity contribution is 5.39. The number of benzene rings is 1. The lowest BCUT2D eigenvalue weighted by Crippen LogP contribution is -2.33. The van der Waals surface area contributed by atoms with Crippen molar-refractivity contribution in [3.63, 3.8) is 0 Å². The van der Waals surface area contributed by atoms with Gasteiger partial charge in [0.25, 0.3) is 0 Å². The number of hydrogen-bond acceptors (Lipinski definition) is 4. The summed E-state index contributed by atoms with van der Waals surface area (Å²) in [6, 6.07) is 8.02. The molecule has 4 heteroatoms. The van der Waals surface area contributed by atoms with Crippen LogP contribution in [0, 0.1) is 5.92 Å². The average Bonchev–Trinajstić information content (AvgIpc) is 3.10. The first-order valence-corrected chi connectivity index (χ1v) is 6.38. The van der Waals surface area contributed by atoms with E-state index in [9.17, 15) is 5.11 Å². The number of aliphatic hydroxyl groups excluding tert-OH is 1. The van der Waals surface area contributed by atoms with E-state index in [-0.39, 0.29) is 6.61 Å². The molecule has 100 valence electrons. The number of methoxy groups -OCH3 is 1. The van der Waals surface area contributed by atoms with Gasteiger partial charge in [-0.3, -0.25) is 0 Å². The molecule has 0 amide bonds. The fraction of sp³-hybridized carbons (Fsp3) is 0.571. The molecule has 0 bridgehead atoms. The molecule has 2 N–H and O–H groups in total. The molecule has 3 atom stereocenters. The summed E-state index contributed by atoms with van der Waals surface area (Å²) in [6.07, 6.45) is 0.711. The van der Waals surface area contributed by atoms with E-state index in [4.69, 9.17) is 9.47 Å². The van der Waals surface area contributed by atoms with Crippen molar-refractivity contribution < 1.29 is 14.6 Å². The number of para-hydroxylation sites is 2. The molecule has 1 aliphatic carbocycles. The van der Waals surface area contributed by atoms with Gasteiger partial charge in [-0.25, -0.2) is 0 Å². The Bertz CT molecular complexity index is 383. The van der Waals surface area contributed by atoms with Crippen molar-refractivity contribution >= 4 is 0 Å². The van der Waals surface area contributed by atoms with Crippen molar-refractivity contribution in [3.8, 4) is 11.5 Å². The summed E-state index contributed by atoms with van der Waals surface area (Å²) in [7, 11) is 1.61. The summed E-state index contributed by atoms with van der Waals surface area (Å²) in [5.74, 6) is 2.10. The third-order valence-corrected chi connectivity index (χ3v) is 3.23. The smallest absolute Gasteiger partial charge is 0.161 e. The van der Waals surface area contributed by atoms with Crippen LogP contribution in [0.1, 0.15) is 13.3 Å². The van der Waals surface area contributed by atoms with Gasteiger partial charge < -0.3 is 19.9 Å². The monoisotopic (exact) mass is 251 g/mol. The zero-order chi connectivity index (χ0) is 13.0. The van der Waals surface area contributed by atoms with Crippen molar-refractivity contribution in [2.24, 2.45) is 5.92 Å². The van der Waals surface area contributed by atoms with Gasteiger partial charge in [-0.15, -0.1) is 0 Å². The summed E-state index contributed by atoms with van der Waals surface area (Å²) >= 11 is 0. The van der Waals surface area contributed by atoms with E-state index in [1.54, 1.807) is 7.11 Å². The molecule has 1 aliphatic rings. The Morgan fingerprint density at radius 1 is 1.39 bits per heavy atom. The third kappa shape index (κ3) is 3.62. The van der Waals surface area contributed by atoms with Crippen molar-refractivity contribution in [2.75, 3.05) is 20.3 Å². The first-order valence-electron chi connectivity index (χ1n) is 6.38. The van der Waals surface area contributed by atoms with Crippen LogP contribution in [0.25, 0.3) is 0 Å². The van der Waals surface area contributed by atoms with Crippen LogP contribution < -0.4 is 14.8 Å². The van der Waals surface area contributed by atoms with Gasteiger partial charge in [0.1, 0.15) is 12.7 Å². The molecule has 1 aromatic rings. The summed E-state index contributed by atoms with van der Waals surface area (Å²) in [4.78, 5) is 0. The Kier molecular flexibility index (Phi) is 4.44. The van der Waals surface area contributed by atoms with Crippen molar-refractivity contribution in [2.45, 2.75) is 25.5 Å². The molecule has 2 rings (SSSR count). The summed E-state index contributed by atoms with van der Waals surface area (Å²) in [5.41, 5.74) is 0. The summed E-state index contributed by atoms with van der Waals surface area (Å²) in [6.45, 7) is 3.05. The van der Waals surface area contributed by atoms with Gasteiger partial charge in [0.05, 0.1) is 7.11 Å². The maximum atomic E-state index is 9.81. The fourth-order valence-corrected chi connectivity index (χ4v) is 1.88. The molecular weight excluding hydrogens is 230 g/mol. The lowest BCUT2D eigenvalue weighted by atomic mass is 10.3. The van der Waals surface area contributed by atoms with Crippen LogP contribution >= 0.6 is 0 Å². The fourth-order valence-electron chi connectivity index (χ4n) is 1.88. The van der Waals surface area contributed by atoms with Crippen LogP contribution in [0.15, 0.2) is 24.3 Å². The second-order valence-electron chi connectivity index (χ2n) is 4.84. The predicted octanol–water partition coefficient (Wildman–Crippen LogP) is 1.43. The lowest BCUT2D eigenvalue weighted by Gasteiger charge is -2.14. The first kappa shape index (κ1) is 13.2. The maximum absolute atomic E-state index is 9.81. The van der Waals surface area contributed by atoms with E-state index in [0.29, 0.717) is 24.1 Å². The SMILES string of the molecule is COc1ccccc1OCC(O)CNC1CC1C. The molecule has 0 heterocycles. The van der Waals surface area contributed by atoms with Crippen LogP contribution in [-0.2, 0) is 0 Å². The van der Waals surface area contributed by atoms with E-state index in [1.165, 1.54) is 6.42 Å². The molecule has 3 unspecified atom stereocenters. The van der Waals surface area contributed by atoms with Crippen molar-refractivity contribution in [3.05, 3.63) is 24.3 Å². The van der Waals surface area contributed by atoms with Crippen molar-refractivity contribution in [1.29, 1.82) is 0 Å². The van der Waals surface area contributed by atoms with E-state index in [0.717, 1.165) is 5.92 Å². The molecule has 0 saturated heterocycles. The van der Waals surface area contributed by atoms with Gasteiger partial charge in [-0.2, -0.15) is 0 Å². The largest absolute Gasteiger partial charge is 0.493 e. The third-order valence-electron chi connectivity index (χ3n) is 3.23. The Morgan fingerprint density at radius 2 is 2.06 bits per heavy atom. The molecule has 0 spiro atoms. The summed E-state index contributed by atoms with van der Waals surface area (Å²) < 4.78 is 10.7. The minimum absolute atomic E-state index is 0.272. The zero-order valence-corrected chi connectivity index (χ0v) is 10.9. The molecule has 0 radical (unpaired) electrons. The second kappa shape index (κ2) is 6.07. The van der Waals surface area contributed by atoms with Crippen LogP contribution in [0.3, 0.4) is 0 Å². The van der Waals surface area contributed by atoms with Gasteiger partial charge in [0, 0.05) is 12.6 Å². The normalized spacial score (nSPS) is 23.5. The molecule has 4 nitrogen and oxygen atoms in total. The van der Waals surface area contributed by atoms with E-state index in [2.05, 4.69) is 12.2 Å². The van der Waals surface area contributed by atoms with Crippen LogP contribution in [0.2, 0.25) is 0 Å². The Morgan fingerprint density at radius 3 is 2.67 bits per heavy atom. The van der Waals surface area contributed by atoms with Crippen LogP contribution in [0.5, 0.6) is 11.5 Å². The Hall–Kier alpha value is -1.26. The van der Waals surface area contributed by atoms with E-state index < -0.39 is 6.10 Å². The van der Waals surface area contributed by atoms with Gasteiger partial charge in [-0.05, 0) is 24.5 Å². The Balaban J connectivity index is 1.72. The van der Waals surface area contributed by atoms with E-state index in [1.807, 2.05) is 24.3 Å². The highest BCUT2D eigenvalue weighted by atomic mass is 16.5. The number of nitrogens with one attached hydrogen (secondary N) is 1. The topological polar surface area (TPSA) is 50.7 Å². The maximum Gasteiger partial charge on any atom is 0.161 e. The number of aliphatic hydroxyl groups is 1. The second-order valence-corrected chi connectivity index (χ2v) is 4.84. The van der Waals surface area contributed by atoms with Crippen LogP contribution in [-0.4, -0.2) is 37.5 Å². The highest BCUT2D eigenvalue weighted by Crippen LogP contribution is 2.29. The van der Waals surface area contributed by atoms with Gasteiger partial charge in [0.15, 0.2) is 11.5 Å². The lowest BCUT2D eigenvalue weighted by molar-refractivity contribution is 0.104. The highest BCUT2D eigenvalue weighted by Gasteiger charge is 2.32. The molecular formula is C14H21NO3. The number of rotatable bonds is 7.